The van der Waals surface area contributed by atoms with Crippen LogP contribution in [0.15, 0.2) is 72.8 Å². The normalized spacial score (nSPS) is 11.8. The molecule has 3 aromatic rings. The van der Waals surface area contributed by atoms with Crippen molar-refractivity contribution in [2.45, 2.75) is 46.2 Å². The summed E-state index contributed by atoms with van der Waals surface area (Å²) in [6.07, 6.45) is 0.609. The summed E-state index contributed by atoms with van der Waals surface area (Å²) >= 11 is 12.4. The molecule has 4 nitrogen and oxygen atoms in total. The Morgan fingerprint density at radius 2 is 1.57 bits per heavy atom. The van der Waals surface area contributed by atoms with E-state index in [4.69, 9.17) is 23.2 Å². The highest BCUT2D eigenvalue weighted by Gasteiger charge is 2.30. The van der Waals surface area contributed by atoms with Crippen molar-refractivity contribution in [3.8, 4) is 0 Å². The van der Waals surface area contributed by atoms with Gasteiger partial charge in [-0.2, -0.15) is 0 Å². The third-order valence-electron chi connectivity index (χ3n) is 5.73. The van der Waals surface area contributed by atoms with E-state index >= 15 is 0 Å². The van der Waals surface area contributed by atoms with Crippen LogP contribution < -0.4 is 5.32 Å². The predicted octanol–water partition coefficient (Wildman–Crippen LogP) is 6.26. The van der Waals surface area contributed by atoms with Gasteiger partial charge in [0.1, 0.15) is 6.04 Å². The lowest BCUT2D eigenvalue weighted by Gasteiger charge is -2.32. The van der Waals surface area contributed by atoms with Gasteiger partial charge in [0, 0.05) is 19.5 Å². The molecule has 0 saturated heterocycles. The number of carbonyl (C=O) groups is 2. The highest BCUT2D eigenvalue weighted by molar-refractivity contribution is 6.42. The first-order chi connectivity index (χ1) is 16.7. The van der Waals surface area contributed by atoms with Crippen molar-refractivity contribution in [1.82, 2.24) is 10.2 Å². The SMILES string of the molecule is Cc1cccc(CC(=O)N(Cc2ccc(Cl)c(Cl)c2)[C@H](Cc2ccccc2)C(=O)NCC(C)C)c1. The lowest BCUT2D eigenvalue weighted by Crippen LogP contribution is -2.51. The molecule has 0 radical (unpaired) electrons. The van der Waals surface area contributed by atoms with Crippen molar-refractivity contribution >= 4 is 35.0 Å². The summed E-state index contributed by atoms with van der Waals surface area (Å²) in [6.45, 7) is 6.87. The number of carbonyl (C=O) groups excluding carboxylic acids is 2. The second-order valence-electron chi connectivity index (χ2n) is 9.28. The zero-order chi connectivity index (χ0) is 25.4. The van der Waals surface area contributed by atoms with Gasteiger partial charge in [-0.3, -0.25) is 9.59 Å². The van der Waals surface area contributed by atoms with Crippen molar-refractivity contribution in [2.75, 3.05) is 6.54 Å². The molecule has 0 saturated carbocycles. The Bertz CT molecular complexity index is 1150. The van der Waals surface area contributed by atoms with Gasteiger partial charge >= 0.3 is 0 Å². The Morgan fingerprint density at radius 3 is 2.23 bits per heavy atom. The molecule has 0 aliphatic heterocycles. The van der Waals surface area contributed by atoms with Gasteiger partial charge in [-0.15, -0.1) is 0 Å². The molecule has 184 valence electrons. The summed E-state index contributed by atoms with van der Waals surface area (Å²) in [7, 11) is 0. The van der Waals surface area contributed by atoms with E-state index in [2.05, 4.69) is 5.32 Å². The van der Waals surface area contributed by atoms with Crippen LogP contribution in [0.2, 0.25) is 10.0 Å². The topological polar surface area (TPSA) is 49.4 Å². The Kier molecular flexibility index (Phi) is 9.76. The molecule has 0 bridgehead atoms. The molecule has 3 aromatic carbocycles. The first-order valence-corrected chi connectivity index (χ1v) is 12.6. The molecule has 0 unspecified atom stereocenters. The number of nitrogens with zero attached hydrogens (tertiary/aromatic N) is 1. The first-order valence-electron chi connectivity index (χ1n) is 11.8. The smallest absolute Gasteiger partial charge is 0.243 e. The number of aryl methyl sites for hydroxylation is 1. The van der Waals surface area contributed by atoms with E-state index in [0.29, 0.717) is 28.9 Å². The van der Waals surface area contributed by atoms with E-state index in [-0.39, 0.29) is 24.8 Å². The average molecular weight is 511 g/mol. The molecule has 35 heavy (non-hydrogen) atoms. The third-order valence-corrected chi connectivity index (χ3v) is 6.47. The van der Waals surface area contributed by atoms with Gasteiger partial charge in [-0.05, 0) is 41.7 Å². The van der Waals surface area contributed by atoms with E-state index in [9.17, 15) is 9.59 Å². The van der Waals surface area contributed by atoms with Crippen molar-refractivity contribution in [2.24, 2.45) is 5.92 Å². The Balaban J connectivity index is 1.97. The minimum absolute atomic E-state index is 0.123. The van der Waals surface area contributed by atoms with Gasteiger partial charge in [-0.1, -0.05) is 103 Å². The van der Waals surface area contributed by atoms with Crippen molar-refractivity contribution in [3.05, 3.63) is 105 Å². The molecule has 6 heteroatoms. The van der Waals surface area contributed by atoms with Gasteiger partial charge in [0.05, 0.1) is 16.5 Å². The third kappa shape index (κ3) is 8.12. The summed E-state index contributed by atoms with van der Waals surface area (Å²) in [4.78, 5) is 28.9. The van der Waals surface area contributed by atoms with Gasteiger partial charge in [0.15, 0.2) is 0 Å². The van der Waals surface area contributed by atoms with Crippen molar-refractivity contribution < 1.29 is 9.59 Å². The van der Waals surface area contributed by atoms with E-state index in [0.717, 1.165) is 22.3 Å². The average Bonchev–Trinajstić information content (AvgIpc) is 2.82. The number of nitrogens with one attached hydrogen (secondary N) is 1. The maximum atomic E-state index is 13.7. The summed E-state index contributed by atoms with van der Waals surface area (Å²) in [5, 5.41) is 3.90. The highest BCUT2D eigenvalue weighted by atomic mass is 35.5. The summed E-state index contributed by atoms with van der Waals surface area (Å²) < 4.78 is 0. The standard InChI is InChI=1S/C29H32Cl2N2O2/c1-20(2)18-32-29(35)27(16-22-9-5-4-6-10-22)33(19-24-12-13-25(30)26(31)15-24)28(34)17-23-11-7-8-21(3)14-23/h4-15,20,27H,16-19H2,1-3H3,(H,32,35)/t27-/m1/s1. The molecule has 0 spiro atoms. The largest absolute Gasteiger partial charge is 0.354 e. The maximum absolute atomic E-state index is 13.7. The molecule has 2 amide bonds. The lowest BCUT2D eigenvalue weighted by atomic mass is 10.0. The molecular formula is C29H32Cl2N2O2. The van der Waals surface area contributed by atoms with Crippen LogP contribution in [0.4, 0.5) is 0 Å². The van der Waals surface area contributed by atoms with Crippen LogP contribution in [0.1, 0.15) is 36.1 Å². The number of benzene rings is 3. The summed E-state index contributed by atoms with van der Waals surface area (Å²) in [5.41, 5.74) is 3.79. The molecule has 0 heterocycles. The van der Waals surface area contributed by atoms with Gasteiger partial charge in [0.25, 0.3) is 0 Å². The molecule has 0 aliphatic carbocycles. The van der Waals surface area contributed by atoms with Gasteiger partial charge in [0.2, 0.25) is 11.8 Å². The van der Waals surface area contributed by atoms with Gasteiger partial charge < -0.3 is 10.2 Å². The Hall–Kier alpha value is -2.82. The second-order valence-corrected chi connectivity index (χ2v) is 10.1. The van der Waals surface area contributed by atoms with Crippen LogP contribution in [0.5, 0.6) is 0 Å². The Morgan fingerprint density at radius 1 is 0.857 bits per heavy atom. The van der Waals surface area contributed by atoms with Crippen LogP contribution in [0, 0.1) is 12.8 Å². The van der Waals surface area contributed by atoms with Crippen molar-refractivity contribution in [1.29, 1.82) is 0 Å². The molecule has 1 atom stereocenters. The van der Waals surface area contributed by atoms with Crippen LogP contribution >= 0.6 is 23.2 Å². The summed E-state index contributed by atoms with van der Waals surface area (Å²) in [6, 6.07) is 22.3. The number of hydrogen-bond donors (Lipinski definition) is 1. The van der Waals surface area contributed by atoms with E-state index in [1.165, 1.54) is 0 Å². The van der Waals surface area contributed by atoms with Crippen LogP contribution in [-0.2, 0) is 29.0 Å². The fraction of sp³-hybridized carbons (Fsp3) is 0.310. The van der Waals surface area contributed by atoms with Crippen LogP contribution in [0.3, 0.4) is 0 Å². The maximum Gasteiger partial charge on any atom is 0.243 e. The predicted molar refractivity (Wildman–Crippen MR) is 144 cm³/mol. The lowest BCUT2D eigenvalue weighted by molar-refractivity contribution is -0.140. The molecule has 0 aromatic heterocycles. The molecular weight excluding hydrogens is 479 g/mol. The zero-order valence-corrected chi connectivity index (χ0v) is 21.9. The van der Waals surface area contributed by atoms with E-state index in [1.807, 2.05) is 81.4 Å². The van der Waals surface area contributed by atoms with Crippen molar-refractivity contribution in [3.63, 3.8) is 0 Å². The number of halogens is 2. The Labute approximate surface area is 218 Å². The fourth-order valence-corrected chi connectivity index (χ4v) is 4.23. The molecule has 1 N–H and O–H groups in total. The fourth-order valence-electron chi connectivity index (χ4n) is 3.91. The number of hydrogen-bond acceptors (Lipinski definition) is 2. The number of rotatable bonds is 10. The monoisotopic (exact) mass is 510 g/mol. The van der Waals surface area contributed by atoms with E-state index in [1.54, 1.807) is 17.0 Å². The quantitative estimate of drug-likeness (QED) is 0.350. The van der Waals surface area contributed by atoms with Gasteiger partial charge in [-0.25, -0.2) is 0 Å². The zero-order valence-electron chi connectivity index (χ0n) is 20.4. The summed E-state index contributed by atoms with van der Waals surface area (Å²) in [5.74, 6) is 0.00495. The molecule has 3 rings (SSSR count). The number of amides is 2. The minimum atomic E-state index is -0.678. The minimum Gasteiger partial charge on any atom is -0.354 e. The van der Waals surface area contributed by atoms with E-state index < -0.39 is 6.04 Å². The molecule has 0 fully saturated rings. The van der Waals surface area contributed by atoms with Crippen LogP contribution in [0.25, 0.3) is 0 Å². The first kappa shape index (κ1) is 26.8. The second kappa shape index (κ2) is 12.8. The molecule has 0 aliphatic rings. The highest BCUT2D eigenvalue weighted by Crippen LogP contribution is 2.24. The van der Waals surface area contributed by atoms with Crippen LogP contribution in [-0.4, -0.2) is 29.3 Å².